The molecule has 1 aromatic rings. The monoisotopic (exact) mass is 481 g/mol. The average Bonchev–Trinajstić information content (AvgIpc) is 2.81. The molecule has 0 aliphatic carbocycles. The molecule has 0 saturated carbocycles. The number of carbonyl (C=O) groups excluding carboxylic acids is 2. The Morgan fingerprint density at radius 3 is 2.21 bits per heavy atom. The van der Waals surface area contributed by atoms with Crippen LogP contribution in [0.4, 0.5) is 0 Å². The highest BCUT2D eigenvalue weighted by molar-refractivity contribution is 7.86. The fraction of sp³-hybridized carbons (Fsp3) is 0.636. The predicted octanol–water partition coefficient (Wildman–Crippen LogP) is 0.919. The molecule has 1 amide bonds. The number of rotatable bonds is 6. The van der Waals surface area contributed by atoms with Gasteiger partial charge in [-0.3, -0.25) is 9.59 Å². The van der Waals surface area contributed by atoms with E-state index in [4.69, 9.17) is 14.2 Å². The lowest BCUT2D eigenvalue weighted by molar-refractivity contribution is -0.132. The lowest BCUT2D eigenvalue weighted by atomic mass is 10.1. The molecule has 0 bridgehead atoms. The zero-order chi connectivity index (χ0) is 23.6. The zero-order valence-corrected chi connectivity index (χ0v) is 19.9. The molecule has 1 aromatic carbocycles. The first-order chi connectivity index (χ1) is 15.7. The molecule has 2 fully saturated rings. The molecule has 2 unspecified atom stereocenters. The number of morpholine rings is 1. The van der Waals surface area contributed by atoms with Crippen LogP contribution in [0.15, 0.2) is 18.2 Å². The summed E-state index contributed by atoms with van der Waals surface area (Å²) in [5, 5.41) is 0. The summed E-state index contributed by atoms with van der Waals surface area (Å²) in [5.41, 5.74) is 0.483. The van der Waals surface area contributed by atoms with Gasteiger partial charge in [0.1, 0.15) is 13.2 Å². The zero-order valence-electron chi connectivity index (χ0n) is 19.1. The quantitative estimate of drug-likeness (QED) is 0.556. The predicted molar refractivity (Wildman–Crippen MR) is 120 cm³/mol. The number of Topliss-reactive ketones (excluding diaryl/α,β-unsaturated/α-hetero) is 1. The van der Waals surface area contributed by atoms with Gasteiger partial charge in [0.2, 0.25) is 5.91 Å². The number of fused-ring (bicyclic) bond motifs is 1. The van der Waals surface area contributed by atoms with Gasteiger partial charge in [-0.05, 0) is 32.0 Å². The van der Waals surface area contributed by atoms with Gasteiger partial charge in [0.25, 0.3) is 10.2 Å². The van der Waals surface area contributed by atoms with Crippen LogP contribution in [0.1, 0.15) is 37.0 Å². The fourth-order valence-electron chi connectivity index (χ4n) is 4.39. The Morgan fingerprint density at radius 1 is 0.909 bits per heavy atom. The van der Waals surface area contributed by atoms with Crippen LogP contribution in [0.2, 0.25) is 0 Å². The second-order valence-corrected chi connectivity index (χ2v) is 10.6. The smallest absolute Gasteiger partial charge is 0.282 e. The Labute approximate surface area is 194 Å². The van der Waals surface area contributed by atoms with Crippen LogP contribution in [-0.4, -0.2) is 98.3 Å². The van der Waals surface area contributed by atoms with Crippen molar-refractivity contribution in [2.75, 3.05) is 52.5 Å². The van der Waals surface area contributed by atoms with Gasteiger partial charge in [-0.2, -0.15) is 17.0 Å². The number of amides is 1. The molecule has 33 heavy (non-hydrogen) atoms. The number of piperazine rings is 1. The molecule has 2 atom stereocenters. The largest absolute Gasteiger partial charge is 0.486 e. The van der Waals surface area contributed by atoms with Crippen LogP contribution in [0, 0.1) is 0 Å². The van der Waals surface area contributed by atoms with Gasteiger partial charge in [0, 0.05) is 57.7 Å². The second-order valence-electron chi connectivity index (χ2n) is 8.64. The fourth-order valence-corrected chi connectivity index (χ4v) is 6.14. The lowest BCUT2D eigenvalue weighted by Gasteiger charge is -2.40. The Hall–Kier alpha value is -2.21. The molecule has 3 aliphatic heterocycles. The summed E-state index contributed by atoms with van der Waals surface area (Å²) in [7, 11) is -3.60. The van der Waals surface area contributed by atoms with E-state index >= 15 is 0 Å². The molecule has 3 heterocycles. The summed E-state index contributed by atoms with van der Waals surface area (Å²) in [6.45, 7) is 6.40. The minimum atomic E-state index is -3.60. The standard InChI is InChI=1S/C22H31N3O7S/c1-16-14-25(15-17(2)32-16)33(28,29)24-9-7-23(8-10-24)22(27)6-4-19(26)18-3-5-20-21(13-18)31-12-11-30-20/h3,5,13,16-17H,4,6-12,14-15H2,1-2H3. The average molecular weight is 482 g/mol. The molecule has 2 saturated heterocycles. The number of ether oxygens (including phenoxy) is 3. The molecular weight excluding hydrogens is 450 g/mol. The van der Waals surface area contributed by atoms with Crippen molar-refractivity contribution < 1.29 is 32.2 Å². The first-order valence-corrected chi connectivity index (χ1v) is 12.7. The molecular formula is C22H31N3O7S. The van der Waals surface area contributed by atoms with Crippen LogP contribution in [-0.2, 0) is 19.7 Å². The molecule has 0 N–H and O–H groups in total. The highest BCUT2D eigenvalue weighted by Crippen LogP contribution is 2.31. The maximum atomic E-state index is 13.0. The van der Waals surface area contributed by atoms with Crippen LogP contribution < -0.4 is 9.47 Å². The van der Waals surface area contributed by atoms with E-state index < -0.39 is 10.2 Å². The summed E-state index contributed by atoms with van der Waals surface area (Å²) >= 11 is 0. The van der Waals surface area contributed by atoms with E-state index in [1.54, 1.807) is 23.1 Å². The molecule has 0 aromatic heterocycles. The number of hydrogen-bond acceptors (Lipinski definition) is 7. The summed E-state index contributed by atoms with van der Waals surface area (Å²) in [5.74, 6) is 0.867. The molecule has 10 nitrogen and oxygen atoms in total. The van der Waals surface area contributed by atoms with Gasteiger partial charge >= 0.3 is 0 Å². The minimum Gasteiger partial charge on any atom is -0.486 e. The Morgan fingerprint density at radius 2 is 1.55 bits per heavy atom. The Kier molecular flexibility index (Phi) is 7.22. The number of carbonyl (C=O) groups is 2. The van der Waals surface area contributed by atoms with Crippen LogP contribution in [0.3, 0.4) is 0 Å². The van der Waals surface area contributed by atoms with Crippen molar-refractivity contribution in [1.82, 2.24) is 13.5 Å². The second kappa shape index (κ2) is 9.96. The highest BCUT2D eigenvalue weighted by atomic mass is 32.2. The van der Waals surface area contributed by atoms with Gasteiger partial charge < -0.3 is 19.1 Å². The van der Waals surface area contributed by atoms with Crippen molar-refractivity contribution in [1.29, 1.82) is 0 Å². The summed E-state index contributed by atoms with van der Waals surface area (Å²) in [4.78, 5) is 26.8. The van der Waals surface area contributed by atoms with Crippen LogP contribution in [0.5, 0.6) is 11.5 Å². The van der Waals surface area contributed by atoms with Crippen LogP contribution >= 0.6 is 0 Å². The van der Waals surface area contributed by atoms with E-state index in [-0.39, 0.29) is 49.8 Å². The topological polar surface area (TPSA) is 106 Å². The first-order valence-electron chi connectivity index (χ1n) is 11.4. The maximum Gasteiger partial charge on any atom is 0.282 e. The number of benzene rings is 1. The van der Waals surface area contributed by atoms with E-state index in [1.165, 1.54) is 8.61 Å². The Bertz CT molecular complexity index is 982. The summed E-state index contributed by atoms with van der Waals surface area (Å²) in [6.07, 6.45) is -0.143. The third kappa shape index (κ3) is 5.48. The highest BCUT2D eigenvalue weighted by Gasteiger charge is 2.37. The molecule has 0 spiro atoms. The van der Waals surface area contributed by atoms with Crippen LogP contribution in [0.25, 0.3) is 0 Å². The molecule has 3 aliphatic rings. The van der Waals surface area contributed by atoms with Gasteiger partial charge in [-0.1, -0.05) is 0 Å². The van der Waals surface area contributed by atoms with E-state index in [0.717, 1.165) is 0 Å². The van der Waals surface area contributed by atoms with Crippen molar-refractivity contribution >= 4 is 21.9 Å². The van der Waals surface area contributed by atoms with E-state index in [2.05, 4.69) is 0 Å². The molecule has 11 heteroatoms. The SMILES string of the molecule is CC1CN(S(=O)(=O)N2CCN(C(=O)CCC(=O)c3ccc4c(c3)OCCO4)CC2)CC(C)O1. The third-order valence-corrected chi connectivity index (χ3v) is 8.03. The van der Waals surface area contributed by atoms with Gasteiger partial charge in [0.15, 0.2) is 17.3 Å². The maximum absolute atomic E-state index is 13.0. The van der Waals surface area contributed by atoms with Crippen molar-refractivity contribution in [2.24, 2.45) is 0 Å². The Balaban J connectivity index is 1.27. The molecule has 182 valence electrons. The van der Waals surface area contributed by atoms with Gasteiger partial charge in [0.05, 0.1) is 12.2 Å². The summed E-state index contributed by atoms with van der Waals surface area (Å²) in [6, 6.07) is 5.04. The van der Waals surface area contributed by atoms with Gasteiger partial charge in [-0.15, -0.1) is 0 Å². The number of nitrogens with zero attached hydrogens (tertiary/aromatic N) is 3. The molecule has 0 radical (unpaired) electrons. The van der Waals surface area contributed by atoms with E-state index in [0.29, 0.717) is 56.5 Å². The van der Waals surface area contributed by atoms with Crippen molar-refractivity contribution in [3.8, 4) is 11.5 Å². The molecule has 4 rings (SSSR count). The van der Waals surface area contributed by atoms with Crippen molar-refractivity contribution in [3.63, 3.8) is 0 Å². The van der Waals surface area contributed by atoms with Gasteiger partial charge in [-0.25, -0.2) is 0 Å². The lowest BCUT2D eigenvalue weighted by Crippen LogP contribution is -2.57. The third-order valence-electron chi connectivity index (χ3n) is 6.06. The van der Waals surface area contributed by atoms with Crippen molar-refractivity contribution in [2.45, 2.75) is 38.9 Å². The van der Waals surface area contributed by atoms with E-state index in [9.17, 15) is 18.0 Å². The normalized spacial score (nSPS) is 24.5. The van der Waals surface area contributed by atoms with E-state index in [1.807, 2.05) is 13.8 Å². The first kappa shape index (κ1) is 23.9. The summed E-state index contributed by atoms with van der Waals surface area (Å²) < 4.78 is 45.5. The van der Waals surface area contributed by atoms with Crippen molar-refractivity contribution in [3.05, 3.63) is 23.8 Å². The number of ketones is 1. The minimum absolute atomic E-state index is 0.0819. The number of hydrogen-bond donors (Lipinski definition) is 0.